The summed E-state index contributed by atoms with van der Waals surface area (Å²) in [6.45, 7) is 2.36. The molecule has 184 valence electrons. The Kier molecular flexibility index (Phi) is 7.04. The van der Waals surface area contributed by atoms with Gasteiger partial charge in [-0.1, -0.05) is 36.4 Å². The molecule has 2 N–H and O–H groups in total. The van der Waals surface area contributed by atoms with E-state index in [2.05, 4.69) is 19.1 Å². The van der Waals surface area contributed by atoms with Gasteiger partial charge >= 0.3 is 0 Å². The van der Waals surface area contributed by atoms with Crippen LogP contribution in [0.15, 0.2) is 60.7 Å². The molecule has 2 aliphatic heterocycles. The molecule has 1 saturated heterocycles. The second-order valence-electron chi connectivity index (χ2n) is 9.53. The van der Waals surface area contributed by atoms with Crippen molar-refractivity contribution in [2.75, 3.05) is 13.2 Å². The summed E-state index contributed by atoms with van der Waals surface area (Å²) in [7, 11) is 0. The van der Waals surface area contributed by atoms with Gasteiger partial charge in [0, 0.05) is 24.8 Å². The molecule has 6 heteroatoms. The van der Waals surface area contributed by atoms with Crippen molar-refractivity contribution in [3.05, 3.63) is 94.3 Å². The molecule has 0 bridgehead atoms. The summed E-state index contributed by atoms with van der Waals surface area (Å²) in [6, 6.07) is 19.2. The van der Waals surface area contributed by atoms with E-state index >= 15 is 0 Å². The highest BCUT2D eigenvalue weighted by atomic mass is 19.1. The van der Waals surface area contributed by atoms with Gasteiger partial charge in [0.05, 0.1) is 24.9 Å². The van der Waals surface area contributed by atoms with Gasteiger partial charge in [-0.2, -0.15) is 0 Å². The fourth-order valence-electron chi connectivity index (χ4n) is 4.91. The maximum atomic E-state index is 13.9. The average molecular weight is 479 g/mol. The van der Waals surface area contributed by atoms with Crippen LogP contribution in [0.25, 0.3) is 0 Å². The van der Waals surface area contributed by atoms with Gasteiger partial charge < -0.3 is 24.4 Å². The first-order valence-corrected chi connectivity index (χ1v) is 12.2. The molecule has 0 spiro atoms. The molecule has 35 heavy (non-hydrogen) atoms. The van der Waals surface area contributed by atoms with E-state index in [0.717, 1.165) is 23.3 Å². The van der Waals surface area contributed by atoms with Crippen LogP contribution < -0.4 is 9.47 Å². The lowest BCUT2D eigenvalue weighted by Gasteiger charge is -2.32. The van der Waals surface area contributed by atoms with Crippen LogP contribution >= 0.6 is 0 Å². The van der Waals surface area contributed by atoms with Crippen molar-refractivity contribution in [2.24, 2.45) is 0 Å². The number of halogens is 1. The van der Waals surface area contributed by atoms with E-state index in [9.17, 15) is 14.6 Å². The van der Waals surface area contributed by atoms with E-state index in [-0.39, 0.29) is 30.7 Å². The minimum Gasteiger partial charge on any atom is -0.490 e. The molecule has 2 aliphatic rings. The Morgan fingerprint density at radius 2 is 1.86 bits per heavy atom. The fourth-order valence-corrected chi connectivity index (χ4v) is 4.91. The van der Waals surface area contributed by atoms with E-state index in [4.69, 9.17) is 14.2 Å². The van der Waals surface area contributed by atoms with Crippen molar-refractivity contribution in [1.82, 2.24) is 0 Å². The third kappa shape index (κ3) is 5.50. The number of aryl methyl sites for hydroxylation is 1. The monoisotopic (exact) mass is 478 g/mol. The van der Waals surface area contributed by atoms with E-state index in [1.807, 2.05) is 30.3 Å². The van der Waals surface area contributed by atoms with E-state index < -0.39 is 6.10 Å². The number of aliphatic hydroxyl groups is 2. The van der Waals surface area contributed by atoms with Crippen LogP contribution in [0.3, 0.4) is 0 Å². The van der Waals surface area contributed by atoms with Crippen molar-refractivity contribution >= 4 is 0 Å². The molecular formula is C29H31FO5. The molecule has 0 amide bonds. The topological polar surface area (TPSA) is 68.2 Å². The molecule has 0 radical (unpaired) electrons. The van der Waals surface area contributed by atoms with Crippen molar-refractivity contribution in [1.29, 1.82) is 0 Å². The molecule has 3 aromatic rings. The zero-order chi connectivity index (χ0) is 24.4. The molecule has 5 rings (SSSR count). The summed E-state index contributed by atoms with van der Waals surface area (Å²) in [5.41, 5.74) is 5.18. The van der Waals surface area contributed by atoms with Gasteiger partial charge in [0.2, 0.25) is 0 Å². The van der Waals surface area contributed by atoms with Gasteiger partial charge in [-0.25, -0.2) is 4.39 Å². The summed E-state index contributed by atoms with van der Waals surface area (Å²) in [5.74, 6) is 1.12. The van der Waals surface area contributed by atoms with Gasteiger partial charge in [0.1, 0.15) is 30.0 Å². The van der Waals surface area contributed by atoms with E-state index in [1.165, 1.54) is 17.2 Å². The molecular weight excluding hydrogens is 447 g/mol. The maximum Gasteiger partial charge on any atom is 0.137 e. The third-order valence-electron chi connectivity index (χ3n) is 6.88. The third-order valence-corrected chi connectivity index (χ3v) is 6.88. The summed E-state index contributed by atoms with van der Waals surface area (Å²) in [5, 5.41) is 19.6. The normalized spacial score (nSPS) is 23.5. The SMILES string of the molecule is Cc1ccc([C@H]2C[C@@H](O)C[C@@H](CO)O2)cc1Cc1ccc(OCC2Cc3c(F)cccc3O2)cc1. The second-order valence-corrected chi connectivity index (χ2v) is 9.53. The molecule has 0 saturated carbocycles. The Balaban J connectivity index is 1.20. The van der Waals surface area contributed by atoms with Crippen molar-refractivity contribution in [3.8, 4) is 11.5 Å². The van der Waals surface area contributed by atoms with Gasteiger partial charge in [-0.15, -0.1) is 0 Å². The zero-order valence-electron chi connectivity index (χ0n) is 19.8. The molecule has 0 aromatic heterocycles. The molecule has 0 aliphatic carbocycles. The van der Waals surface area contributed by atoms with Crippen LogP contribution in [0.2, 0.25) is 0 Å². The molecule has 1 unspecified atom stereocenters. The maximum absolute atomic E-state index is 13.9. The minimum atomic E-state index is -0.467. The lowest BCUT2D eigenvalue weighted by atomic mass is 9.92. The predicted molar refractivity (Wildman–Crippen MR) is 130 cm³/mol. The first-order chi connectivity index (χ1) is 17.0. The van der Waals surface area contributed by atoms with Crippen LogP contribution in [0.5, 0.6) is 11.5 Å². The molecule has 5 nitrogen and oxygen atoms in total. The Labute approximate surface area is 205 Å². The first-order valence-electron chi connectivity index (χ1n) is 12.2. The number of benzene rings is 3. The number of ether oxygens (including phenoxy) is 3. The van der Waals surface area contributed by atoms with Crippen LogP contribution in [0.4, 0.5) is 4.39 Å². The second kappa shape index (κ2) is 10.4. The van der Waals surface area contributed by atoms with Crippen molar-refractivity contribution in [3.63, 3.8) is 0 Å². The molecule has 1 fully saturated rings. The zero-order valence-corrected chi connectivity index (χ0v) is 19.8. The Morgan fingerprint density at radius 3 is 2.63 bits per heavy atom. The fraction of sp³-hybridized carbons (Fsp3) is 0.379. The smallest absolute Gasteiger partial charge is 0.137 e. The highest BCUT2D eigenvalue weighted by molar-refractivity contribution is 5.39. The highest BCUT2D eigenvalue weighted by Crippen LogP contribution is 2.33. The van der Waals surface area contributed by atoms with Crippen LogP contribution in [-0.4, -0.2) is 41.7 Å². The van der Waals surface area contributed by atoms with Gasteiger partial charge in [-0.05, 0) is 59.9 Å². The van der Waals surface area contributed by atoms with Gasteiger partial charge in [-0.3, -0.25) is 0 Å². The average Bonchev–Trinajstić information content (AvgIpc) is 3.29. The Hall–Kier alpha value is -2.93. The largest absolute Gasteiger partial charge is 0.490 e. The number of fused-ring (bicyclic) bond motifs is 1. The summed E-state index contributed by atoms with van der Waals surface area (Å²) in [4.78, 5) is 0. The lowest BCUT2D eigenvalue weighted by molar-refractivity contribution is -0.113. The van der Waals surface area contributed by atoms with Crippen molar-refractivity contribution < 1.29 is 28.8 Å². The van der Waals surface area contributed by atoms with Crippen LogP contribution in [0, 0.1) is 12.7 Å². The van der Waals surface area contributed by atoms with Crippen LogP contribution in [0.1, 0.15) is 46.8 Å². The Bertz CT molecular complexity index is 1160. The lowest BCUT2D eigenvalue weighted by Crippen LogP contribution is -2.33. The predicted octanol–water partition coefficient (Wildman–Crippen LogP) is 4.68. The molecule has 3 aromatic carbocycles. The van der Waals surface area contributed by atoms with E-state index in [0.29, 0.717) is 37.2 Å². The van der Waals surface area contributed by atoms with E-state index in [1.54, 1.807) is 12.1 Å². The quantitative estimate of drug-likeness (QED) is 0.516. The number of hydrogen-bond donors (Lipinski definition) is 2. The summed E-state index contributed by atoms with van der Waals surface area (Å²) in [6.07, 6.45) is 1.07. The van der Waals surface area contributed by atoms with Crippen LogP contribution in [-0.2, 0) is 17.6 Å². The standard InChI is InChI=1S/C29H31FO5/c1-18-5-8-20(29-14-22(32)13-24(16-31)34-29)12-21(18)11-19-6-9-23(10-7-19)33-17-25-15-26-27(30)3-2-4-28(26)35-25/h2-10,12,22,24-25,29,31-32H,11,13-17H2,1H3/t22-,24-,25?,29+/m0/s1. The highest BCUT2D eigenvalue weighted by Gasteiger charge is 2.29. The Morgan fingerprint density at radius 1 is 1.03 bits per heavy atom. The van der Waals surface area contributed by atoms with Crippen molar-refractivity contribution in [2.45, 2.75) is 57.0 Å². The summed E-state index contributed by atoms with van der Waals surface area (Å²) < 4.78 is 31.6. The summed E-state index contributed by atoms with van der Waals surface area (Å²) >= 11 is 0. The first kappa shape index (κ1) is 23.8. The minimum absolute atomic E-state index is 0.0859. The van der Waals surface area contributed by atoms with Gasteiger partial charge in [0.25, 0.3) is 0 Å². The molecule has 2 heterocycles. The number of aliphatic hydroxyl groups excluding tert-OH is 2. The number of rotatable bonds is 7. The van der Waals surface area contributed by atoms with Gasteiger partial charge in [0.15, 0.2) is 0 Å². The number of hydrogen-bond acceptors (Lipinski definition) is 5. The molecule has 4 atom stereocenters.